The van der Waals surface area contributed by atoms with E-state index in [0.717, 1.165) is 12.1 Å². The molecule has 0 spiro atoms. The van der Waals surface area contributed by atoms with E-state index in [1.807, 2.05) is 0 Å². The first-order valence-corrected chi connectivity index (χ1v) is 8.47. The molecule has 0 saturated carbocycles. The van der Waals surface area contributed by atoms with E-state index in [9.17, 15) is 22.8 Å². The van der Waals surface area contributed by atoms with E-state index in [-0.39, 0.29) is 12.3 Å². The number of amides is 2. The normalized spacial score (nSPS) is 12.0. The SMILES string of the molecule is CCOC(=O)Nc1ccc(NC(C)C(=O)Nc2ccc(C(F)(F)F)cc2)cc1. The number of nitrogens with one attached hydrogen (secondary N) is 3. The number of benzene rings is 2. The molecule has 1 unspecified atom stereocenters. The van der Waals surface area contributed by atoms with Crippen LogP contribution in [-0.4, -0.2) is 24.6 Å². The molecule has 0 aliphatic carbocycles. The molecule has 0 aliphatic rings. The molecule has 0 aliphatic heterocycles. The van der Waals surface area contributed by atoms with Gasteiger partial charge >= 0.3 is 12.3 Å². The van der Waals surface area contributed by atoms with Crippen LogP contribution >= 0.6 is 0 Å². The monoisotopic (exact) mass is 395 g/mol. The zero-order chi connectivity index (χ0) is 20.7. The molecule has 0 saturated heterocycles. The van der Waals surface area contributed by atoms with E-state index >= 15 is 0 Å². The van der Waals surface area contributed by atoms with Crippen LogP contribution in [0.2, 0.25) is 0 Å². The number of hydrogen-bond donors (Lipinski definition) is 3. The summed E-state index contributed by atoms with van der Waals surface area (Å²) in [5.74, 6) is -0.409. The molecular formula is C19H20F3N3O3. The van der Waals surface area contributed by atoms with Crippen molar-refractivity contribution in [2.75, 3.05) is 22.6 Å². The van der Waals surface area contributed by atoms with Crippen LogP contribution in [0, 0.1) is 0 Å². The molecule has 0 radical (unpaired) electrons. The minimum atomic E-state index is -4.42. The van der Waals surface area contributed by atoms with E-state index in [0.29, 0.717) is 11.4 Å². The minimum absolute atomic E-state index is 0.261. The lowest BCUT2D eigenvalue weighted by Gasteiger charge is -2.16. The number of alkyl halides is 3. The summed E-state index contributed by atoms with van der Waals surface area (Å²) in [7, 11) is 0. The Balaban J connectivity index is 1.90. The maximum atomic E-state index is 12.6. The molecule has 2 aromatic rings. The molecule has 0 heterocycles. The Hall–Kier alpha value is -3.23. The molecule has 2 rings (SSSR count). The van der Waals surface area contributed by atoms with Crippen LogP contribution in [0.1, 0.15) is 19.4 Å². The van der Waals surface area contributed by atoms with Crippen molar-refractivity contribution in [1.82, 2.24) is 0 Å². The van der Waals surface area contributed by atoms with Gasteiger partial charge in [0, 0.05) is 17.1 Å². The quantitative estimate of drug-likeness (QED) is 0.662. The van der Waals surface area contributed by atoms with Crippen LogP contribution in [0.5, 0.6) is 0 Å². The fraction of sp³-hybridized carbons (Fsp3) is 0.263. The average Bonchev–Trinajstić information content (AvgIpc) is 2.63. The summed E-state index contributed by atoms with van der Waals surface area (Å²) in [6.07, 6.45) is -4.99. The number of carbonyl (C=O) groups is 2. The first-order chi connectivity index (χ1) is 13.2. The summed E-state index contributed by atoms with van der Waals surface area (Å²) in [6.45, 7) is 3.57. The van der Waals surface area contributed by atoms with Crippen LogP contribution in [-0.2, 0) is 15.7 Å². The van der Waals surface area contributed by atoms with Crippen LogP contribution in [0.3, 0.4) is 0 Å². The molecule has 0 aromatic heterocycles. The number of carbonyl (C=O) groups excluding carboxylic acids is 2. The molecule has 1 atom stereocenters. The predicted molar refractivity (Wildman–Crippen MR) is 100 cm³/mol. The maximum Gasteiger partial charge on any atom is 0.416 e. The summed E-state index contributed by atoms with van der Waals surface area (Å²) >= 11 is 0. The molecule has 6 nitrogen and oxygen atoms in total. The standard InChI is InChI=1S/C19H20F3N3O3/c1-3-28-18(27)25-16-10-8-14(9-11-16)23-12(2)17(26)24-15-6-4-13(5-7-15)19(20,21)22/h4-12,23H,3H2,1-2H3,(H,24,26)(H,25,27). The van der Waals surface area contributed by atoms with Crippen LogP contribution in [0.4, 0.5) is 35.0 Å². The van der Waals surface area contributed by atoms with Crippen molar-refractivity contribution in [3.63, 3.8) is 0 Å². The van der Waals surface area contributed by atoms with Gasteiger partial charge in [-0.05, 0) is 62.4 Å². The molecule has 0 bridgehead atoms. The van der Waals surface area contributed by atoms with Crippen molar-refractivity contribution < 1.29 is 27.5 Å². The minimum Gasteiger partial charge on any atom is -0.450 e. The van der Waals surface area contributed by atoms with Crippen molar-refractivity contribution in [3.05, 3.63) is 54.1 Å². The van der Waals surface area contributed by atoms with Crippen molar-refractivity contribution in [2.24, 2.45) is 0 Å². The second-order valence-electron chi connectivity index (χ2n) is 5.85. The lowest BCUT2D eigenvalue weighted by molar-refractivity contribution is -0.137. The van der Waals surface area contributed by atoms with Gasteiger partial charge in [-0.1, -0.05) is 0 Å². The molecular weight excluding hydrogens is 375 g/mol. The van der Waals surface area contributed by atoms with Crippen LogP contribution in [0.25, 0.3) is 0 Å². The first kappa shape index (κ1) is 21.1. The lowest BCUT2D eigenvalue weighted by Crippen LogP contribution is -2.31. The van der Waals surface area contributed by atoms with Gasteiger partial charge in [0.1, 0.15) is 6.04 Å². The number of halogens is 3. The Morgan fingerprint density at radius 3 is 1.96 bits per heavy atom. The molecule has 2 aromatic carbocycles. The van der Waals surface area contributed by atoms with E-state index in [2.05, 4.69) is 16.0 Å². The fourth-order valence-corrected chi connectivity index (χ4v) is 2.24. The zero-order valence-corrected chi connectivity index (χ0v) is 15.3. The predicted octanol–water partition coefficient (Wildman–Crippen LogP) is 4.71. The van der Waals surface area contributed by atoms with Crippen molar-refractivity contribution in [3.8, 4) is 0 Å². The highest BCUT2D eigenvalue weighted by Gasteiger charge is 2.30. The Morgan fingerprint density at radius 2 is 1.43 bits per heavy atom. The van der Waals surface area contributed by atoms with Gasteiger partial charge in [0.2, 0.25) is 5.91 Å². The van der Waals surface area contributed by atoms with Gasteiger partial charge in [-0.3, -0.25) is 10.1 Å². The maximum absolute atomic E-state index is 12.6. The first-order valence-electron chi connectivity index (χ1n) is 8.47. The fourth-order valence-electron chi connectivity index (χ4n) is 2.24. The number of ether oxygens (including phenoxy) is 1. The number of anilines is 3. The highest BCUT2D eigenvalue weighted by molar-refractivity contribution is 5.96. The number of rotatable bonds is 6. The van der Waals surface area contributed by atoms with Gasteiger partial charge in [-0.15, -0.1) is 0 Å². The molecule has 0 fully saturated rings. The highest BCUT2D eigenvalue weighted by Crippen LogP contribution is 2.29. The van der Waals surface area contributed by atoms with E-state index in [4.69, 9.17) is 4.74 Å². The summed E-state index contributed by atoms with van der Waals surface area (Å²) in [6, 6.07) is 10.2. The second kappa shape index (κ2) is 9.12. The van der Waals surface area contributed by atoms with Gasteiger partial charge in [0.05, 0.1) is 12.2 Å². The Labute approximate surface area is 160 Å². The van der Waals surface area contributed by atoms with Gasteiger partial charge < -0.3 is 15.4 Å². The lowest BCUT2D eigenvalue weighted by atomic mass is 10.2. The summed E-state index contributed by atoms with van der Waals surface area (Å²) in [5.41, 5.74) is 0.643. The molecule has 28 heavy (non-hydrogen) atoms. The van der Waals surface area contributed by atoms with Gasteiger partial charge in [-0.25, -0.2) is 4.79 Å². The van der Waals surface area contributed by atoms with Crippen molar-refractivity contribution in [2.45, 2.75) is 26.1 Å². The third-order valence-corrected chi connectivity index (χ3v) is 3.66. The molecule has 150 valence electrons. The molecule has 9 heteroatoms. The van der Waals surface area contributed by atoms with Crippen LogP contribution < -0.4 is 16.0 Å². The summed E-state index contributed by atoms with van der Waals surface area (Å²) in [4.78, 5) is 23.6. The van der Waals surface area contributed by atoms with E-state index < -0.39 is 29.8 Å². The third kappa shape index (κ3) is 6.19. The van der Waals surface area contributed by atoms with E-state index in [1.165, 1.54) is 12.1 Å². The average molecular weight is 395 g/mol. The Kier molecular flexibility index (Phi) is 6.86. The largest absolute Gasteiger partial charge is 0.450 e. The van der Waals surface area contributed by atoms with Gasteiger partial charge in [-0.2, -0.15) is 13.2 Å². The third-order valence-electron chi connectivity index (χ3n) is 3.66. The highest BCUT2D eigenvalue weighted by atomic mass is 19.4. The smallest absolute Gasteiger partial charge is 0.416 e. The van der Waals surface area contributed by atoms with E-state index in [1.54, 1.807) is 38.1 Å². The Bertz CT molecular complexity index is 806. The van der Waals surface area contributed by atoms with Gasteiger partial charge in [0.25, 0.3) is 0 Å². The molecule has 3 N–H and O–H groups in total. The molecule has 2 amide bonds. The number of hydrogen-bond acceptors (Lipinski definition) is 4. The summed E-state index contributed by atoms with van der Waals surface area (Å²) in [5, 5.41) is 8.06. The topological polar surface area (TPSA) is 79.5 Å². The Morgan fingerprint density at radius 1 is 0.929 bits per heavy atom. The van der Waals surface area contributed by atoms with Crippen molar-refractivity contribution in [1.29, 1.82) is 0 Å². The van der Waals surface area contributed by atoms with Crippen molar-refractivity contribution >= 4 is 29.1 Å². The van der Waals surface area contributed by atoms with Crippen LogP contribution in [0.15, 0.2) is 48.5 Å². The van der Waals surface area contributed by atoms with Gasteiger partial charge in [0.15, 0.2) is 0 Å². The zero-order valence-electron chi connectivity index (χ0n) is 15.3. The second-order valence-corrected chi connectivity index (χ2v) is 5.85. The summed E-state index contributed by atoms with van der Waals surface area (Å²) < 4.78 is 42.5.